The summed E-state index contributed by atoms with van der Waals surface area (Å²) in [5.41, 5.74) is 0. The van der Waals surface area contributed by atoms with Gasteiger partial charge in [-0.3, -0.25) is 4.79 Å². The number of carbonyl (C=O) groups is 1. The summed E-state index contributed by atoms with van der Waals surface area (Å²) in [4.78, 5) is 11.1. The third-order valence-electron chi connectivity index (χ3n) is 2.79. The van der Waals surface area contributed by atoms with Crippen LogP contribution in [0.5, 0.6) is 0 Å². The van der Waals surface area contributed by atoms with Gasteiger partial charge in [0.05, 0.1) is 12.4 Å². The van der Waals surface area contributed by atoms with Gasteiger partial charge in [0.15, 0.2) is 15.1 Å². The summed E-state index contributed by atoms with van der Waals surface area (Å²) in [6.45, 7) is 1.40. The molecule has 1 aliphatic carbocycles. The highest BCUT2D eigenvalue weighted by Gasteiger charge is 2.37. The molecule has 82 valence electrons. The maximum atomic E-state index is 11.8. The van der Waals surface area contributed by atoms with Crippen LogP contribution in [-0.4, -0.2) is 32.0 Å². The van der Waals surface area contributed by atoms with Crippen molar-refractivity contribution >= 4 is 15.8 Å². The predicted molar refractivity (Wildman–Crippen MR) is 52.7 cm³/mol. The van der Waals surface area contributed by atoms with Gasteiger partial charge >= 0.3 is 5.97 Å². The zero-order chi connectivity index (χ0) is 10.8. The lowest BCUT2D eigenvalue weighted by molar-refractivity contribution is -0.139. The van der Waals surface area contributed by atoms with Crippen molar-refractivity contribution in [2.24, 2.45) is 0 Å². The summed E-state index contributed by atoms with van der Waals surface area (Å²) < 4.78 is 28.1. The molecule has 1 aliphatic rings. The molecule has 0 bridgehead atoms. The van der Waals surface area contributed by atoms with Crippen molar-refractivity contribution in [2.75, 3.05) is 7.11 Å². The van der Waals surface area contributed by atoms with E-state index >= 15 is 0 Å². The zero-order valence-electron chi connectivity index (χ0n) is 8.52. The molecular weight excluding hydrogens is 204 g/mol. The summed E-state index contributed by atoms with van der Waals surface area (Å²) in [5, 5.41) is -1.35. The van der Waals surface area contributed by atoms with Gasteiger partial charge in [-0.05, 0) is 19.8 Å². The molecule has 0 aromatic heterocycles. The number of esters is 1. The van der Waals surface area contributed by atoms with Crippen LogP contribution in [-0.2, 0) is 19.4 Å². The molecule has 1 atom stereocenters. The van der Waals surface area contributed by atoms with Crippen LogP contribution in [0, 0.1) is 0 Å². The minimum atomic E-state index is -3.32. The molecule has 4 nitrogen and oxygen atoms in total. The van der Waals surface area contributed by atoms with Gasteiger partial charge in [0.2, 0.25) is 0 Å². The van der Waals surface area contributed by atoms with E-state index in [0.717, 1.165) is 12.8 Å². The van der Waals surface area contributed by atoms with Crippen LogP contribution in [0.15, 0.2) is 0 Å². The van der Waals surface area contributed by atoms with E-state index in [-0.39, 0.29) is 5.25 Å². The second-order valence-electron chi connectivity index (χ2n) is 3.66. The third-order valence-corrected chi connectivity index (χ3v) is 5.37. The molecular formula is C9H16O4S. The van der Waals surface area contributed by atoms with Gasteiger partial charge in [-0.25, -0.2) is 8.42 Å². The van der Waals surface area contributed by atoms with Crippen LogP contribution >= 0.6 is 0 Å². The number of hydrogen-bond acceptors (Lipinski definition) is 4. The Bertz CT molecular complexity index is 301. The topological polar surface area (TPSA) is 60.4 Å². The Labute approximate surface area is 84.6 Å². The average molecular weight is 220 g/mol. The van der Waals surface area contributed by atoms with Gasteiger partial charge in [0.25, 0.3) is 0 Å². The predicted octanol–water partition coefficient (Wildman–Crippen LogP) is 0.905. The first-order valence-electron chi connectivity index (χ1n) is 4.80. The molecule has 0 amide bonds. The lowest BCUT2D eigenvalue weighted by Crippen LogP contribution is -2.35. The largest absolute Gasteiger partial charge is 0.468 e. The number of sulfone groups is 1. The molecule has 0 N–H and O–H groups in total. The van der Waals surface area contributed by atoms with Gasteiger partial charge < -0.3 is 4.74 Å². The van der Waals surface area contributed by atoms with E-state index in [4.69, 9.17) is 0 Å². The highest BCUT2D eigenvalue weighted by molar-refractivity contribution is 7.93. The third kappa shape index (κ3) is 2.08. The van der Waals surface area contributed by atoms with Gasteiger partial charge in [-0.2, -0.15) is 0 Å². The summed E-state index contributed by atoms with van der Waals surface area (Å²) in [6, 6.07) is 0. The van der Waals surface area contributed by atoms with E-state index in [9.17, 15) is 13.2 Å². The maximum Gasteiger partial charge on any atom is 0.323 e. The van der Waals surface area contributed by atoms with E-state index in [0.29, 0.717) is 12.8 Å². The van der Waals surface area contributed by atoms with Crippen molar-refractivity contribution in [2.45, 2.75) is 43.1 Å². The van der Waals surface area contributed by atoms with Crippen LogP contribution < -0.4 is 0 Å². The van der Waals surface area contributed by atoms with Crippen LogP contribution in [0.1, 0.15) is 32.6 Å². The van der Waals surface area contributed by atoms with E-state index in [1.54, 1.807) is 0 Å². The Morgan fingerprint density at radius 3 is 2.29 bits per heavy atom. The minimum Gasteiger partial charge on any atom is -0.468 e. The highest BCUT2D eigenvalue weighted by Crippen LogP contribution is 2.27. The number of carbonyl (C=O) groups excluding carboxylic acids is 1. The second kappa shape index (κ2) is 4.29. The van der Waals surface area contributed by atoms with Crippen LogP contribution in [0.25, 0.3) is 0 Å². The van der Waals surface area contributed by atoms with E-state index < -0.39 is 21.1 Å². The summed E-state index contributed by atoms with van der Waals surface area (Å²) in [7, 11) is -2.11. The molecule has 0 saturated heterocycles. The standard InChI is InChI=1S/C9H16O4S/c1-7(9(10)13-2)14(11,12)8-5-3-4-6-8/h7-8H,3-6H2,1-2H3. The molecule has 14 heavy (non-hydrogen) atoms. The van der Waals surface area contributed by atoms with Crippen LogP contribution in [0.3, 0.4) is 0 Å². The Morgan fingerprint density at radius 2 is 1.86 bits per heavy atom. The molecule has 0 heterocycles. The van der Waals surface area contributed by atoms with Gasteiger partial charge in [0.1, 0.15) is 0 Å². The lowest BCUT2D eigenvalue weighted by Gasteiger charge is -2.15. The fourth-order valence-corrected chi connectivity index (χ4v) is 3.74. The van der Waals surface area contributed by atoms with Crippen molar-refractivity contribution in [1.82, 2.24) is 0 Å². The quantitative estimate of drug-likeness (QED) is 0.663. The van der Waals surface area contributed by atoms with Crippen molar-refractivity contribution in [3.63, 3.8) is 0 Å². The number of rotatable bonds is 3. The Kier molecular flexibility index (Phi) is 3.53. The smallest absolute Gasteiger partial charge is 0.323 e. The summed E-state index contributed by atoms with van der Waals surface area (Å²) >= 11 is 0. The zero-order valence-corrected chi connectivity index (χ0v) is 9.34. The molecule has 0 aromatic rings. The fourth-order valence-electron chi connectivity index (χ4n) is 1.81. The first-order chi connectivity index (χ1) is 6.50. The van der Waals surface area contributed by atoms with Gasteiger partial charge in [-0.1, -0.05) is 12.8 Å². The molecule has 0 aliphatic heterocycles. The summed E-state index contributed by atoms with van der Waals surface area (Å²) in [6.07, 6.45) is 3.25. The minimum absolute atomic E-state index is 0.336. The van der Waals surface area contributed by atoms with Crippen molar-refractivity contribution < 1.29 is 17.9 Å². The molecule has 5 heteroatoms. The molecule has 0 radical (unpaired) electrons. The Morgan fingerprint density at radius 1 is 1.36 bits per heavy atom. The van der Waals surface area contributed by atoms with Crippen molar-refractivity contribution in [3.8, 4) is 0 Å². The molecule has 1 fully saturated rings. The SMILES string of the molecule is COC(=O)C(C)S(=O)(=O)C1CCCC1. The normalized spacial score (nSPS) is 20.7. The van der Waals surface area contributed by atoms with Crippen molar-refractivity contribution in [3.05, 3.63) is 0 Å². The fraction of sp³-hybridized carbons (Fsp3) is 0.889. The lowest BCUT2D eigenvalue weighted by atomic mass is 10.4. The Balaban J connectivity index is 2.78. The average Bonchev–Trinajstić information content (AvgIpc) is 2.68. The molecule has 1 saturated carbocycles. The monoisotopic (exact) mass is 220 g/mol. The Hall–Kier alpha value is -0.580. The molecule has 0 aromatic carbocycles. The van der Waals surface area contributed by atoms with Gasteiger partial charge in [-0.15, -0.1) is 0 Å². The van der Waals surface area contributed by atoms with Gasteiger partial charge in [0, 0.05) is 0 Å². The highest BCUT2D eigenvalue weighted by atomic mass is 32.2. The number of ether oxygens (including phenoxy) is 1. The van der Waals surface area contributed by atoms with Crippen molar-refractivity contribution in [1.29, 1.82) is 0 Å². The van der Waals surface area contributed by atoms with E-state index in [2.05, 4.69) is 4.74 Å². The number of methoxy groups -OCH3 is 1. The van der Waals surface area contributed by atoms with E-state index in [1.807, 2.05) is 0 Å². The molecule has 0 spiro atoms. The maximum absolute atomic E-state index is 11.8. The molecule has 1 rings (SSSR count). The molecule has 1 unspecified atom stereocenters. The summed E-state index contributed by atoms with van der Waals surface area (Å²) in [5.74, 6) is -0.656. The van der Waals surface area contributed by atoms with Crippen LogP contribution in [0.4, 0.5) is 0 Å². The number of hydrogen-bond donors (Lipinski definition) is 0. The first kappa shape index (κ1) is 11.5. The van der Waals surface area contributed by atoms with E-state index in [1.165, 1.54) is 14.0 Å². The second-order valence-corrected chi connectivity index (χ2v) is 6.21. The van der Waals surface area contributed by atoms with Crippen LogP contribution in [0.2, 0.25) is 0 Å². The first-order valence-corrected chi connectivity index (χ1v) is 6.41.